The second-order valence-corrected chi connectivity index (χ2v) is 6.88. The van der Waals surface area contributed by atoms with Crippen LogP contribution in [-0.4, -0.2) is 7.11 Å². The van der Waals surface area contributed by atoms with E-state index in [0.717, 1.165) is 32.1 Å². The summed E-state index contributed by atoms with van der Waals surface area (Å²) in [5.74, 6) is 1.29. The van der Waals surface area contributed by atoms with E-state index in [1.165, 1.54) is 0 Å². The Bertz CT molecular complexity index is 1100. The van der Waals surface area contributed by atoms with Crippen molar-refractivity contribution < 1.29 is 9.47 Å². The van der Waals surface area contributed by atoms with Crippen molar-refractivity contribution in [2.75, 3.05) is 7.11 Å². The molecule has 0 saturated heterocycles. The van der Waals surface area contributed by atoms with E-state index in [9.17, 15) is 5.26 Å². The van der Waals surface area contributed by atoms with E-state index in [0.29, 0.717) is 11.3 Å². The van der Waals surface area contributed by atoms with Crippen LogP contribution < -0.4 is 15.2 Å². The van der Waals surface area contributed by atoms with Gasteiger partial charge in [-0.3, -0.25) is 0 Å². The monoisotopic (exact) mass is 406 g/mol. The quantitative estimate of drug-likeness (QED) is 0.661. The van der Waals surface area contributed by atoms with E-state index in [1.807, 2.05) is 54.6 Å². The van der Waals surface area contributed by atoms with Crippen LogP contribution in [0, 0.1) is 11.3 Å². The number of allylic oxidation sites excluding steroid dienone is 1. The topological polar surface area (TPSA) is 68.3 Å². The Hall–Kier alpha value is -2.97. The number of halogens is 1. The molecule has 3 aromatic rings. The molecule has 128 valence electrons. The lowest BCUT2D eigenvalue weighted by atomic mass is 9.82. The van der Waals surface area contributed by atoms with Crippen molar-refractivity contribution in [3.05, 3.63) is 81.7 Å². The Labute approximate surface area is 159 Å². The first-order valence-electron chi connectivity index (χ1n) is 8.06. The number of nitrogens with two attached hydrogens (primary N) is 1. The molecule has 3 aromatic carbocycles. The van der Waals surface area contributed by atoms with Gasteiger partial charge in [-0.2, -0.15) is 5.26 Å². The highest BCUT2D eigenvalue weighted by Gasteiger charge is 2.31. The highest BCUT2D eigenvalue weighted by atomic mass is 79.9. The van der Waals surface area contributed by atoms with Crippen LogP contribution in [0.15, 0.2) is 70.5 Å². The van der Waals surface area contributed by atoms with Gasteiger partial charge in [0.1, 0.15) is 23.1 Å². The van der Waals surface area contributed by atoms with Gasteiger partial charge in [0.05, 0.1) is 17.5 Å². The van der Waals surface area contributed by atoms with Crippen LogP contribution in [0.4, 0.5) is 0 Å². The normalized spacial score (nSPS) is 16.0. The number of methoxy groups -OCH3 is 1. The van der Waals surface area contributed by atoms with Gasteiger partial charge in [-0.25, -0.2) is 0 Å². The Kier molecular flexibility index (Phi) is 4.06. The lowest BCUT2D eigenvalue weighted by molar-refractivity contribution is 0.398. The smallest absolute Gasteiger partial charge is 0.205 e. The van der Waals surface area contributed by atoms with E-state index in [-0.39, 0.29) is 11.8 Å². The number of hydrogen-bond donors (Lipinski definition) is 1. The molecular formula is C21H15BrN2O2. The van der Waals surface area contributed by atoms with E-state index in [1.54, 1.807) is 7.11 Å². The summed E-state index contributed by atoms with van der Waals surface area (Å²) in [6.45, 7) is 0. The minimum Gasteiger partial charge on any atom is -0.496 e. The van der Waals surface area contributed by atoms with Gasteiger partial charge in [-0.15, -0.1) is 0 Å². The maximum absolute atomic E-state index is 9.70. The molecule has 1 unspecified atom stereocenters. The summed E-state index contributed by atoms with van der Waals surface area (Å²) in [6, 6.07) is 20.0. The number of ether oxygens (including phenoxy) is 2. The van der Waals surface area contributed by atoms with Crippen LogP contribution in [0.1, 0.15) is 17.0 Å². The Morgan fingerprint density at radius 2 is 1.96 bits per heavy atom. The van der Waals surface area contributed by atoms with E-state index >= 15 is 0 Å². The molecule has 0 aromatic heterocycles. The summed E-state index contributed by atoms with van der Waals surface area (Å²) in [4.78, 5) is 0. The van der Waals surface area contributed by atoms with Gasteiger partial charge in [-0.1, -0.05) is 42.5 Å². The summed E-state index contributed by atoms with van der Waals surface area (Å²) >= 11 is 3.52. The van der Waals surface area contributed by atoms with Crippen LogP contribution in [0.25, 0.3) is 10.8 Å². The summed E-state index contributed by atoms with van der Waals surface area (Å²) in [7, 11) is 1.62. The molecule has 1 heterocycles. The third-order valence-electron chi connectivity index (χ3n) is 4.62. The summed E-state index contributed by atoms with van der Waals surface area (Å²) in [6.07, 6.45) is 0. The van der Waals surface area contributed by atoms with Crippen molar-refractivity contribution in [2.24, 2.45) is 5.73 Å². The highest BCUT2D eigenvalue weighted by molar-refractivity contribution is 9.10. The standard InChI is InChI=1S/C21H15BrN2O2/c1-25-18-9-7-13(10-17(18)22)19-15-8-6-12-4-2-3-5-14(12)20(15)26-21(24)16(19)11-23/h2-10,19H,24H2,1H3. The fourth-order valence-electron chi connectivity index (χ4n) is 3.39. The number of nitrogens with zero attached hydrogens (tertiary/aromatic N) is 1. The zero-order chi connectivity index (χ0) is 18.3. The SMILES string of the molecule is COc1ccc(C2C(C#N)=C(N)Oc3c2ccc2ccccc32)cc1Br. The molecule has 4 nitrogen and oxygen atoms in total. The maximum atomic E-state index is 9.70. The maximum Gasteiger partial charge on any atom is 0.205 e. The molecule has 4 rings (SSSR count). The van der Waals surface area contributed by atoms with Crippen LogP contribution in [0.2, 0.25) is 0 Å². The minimum atomic E-state index is -0.296. The largest absolute Gasteiger partial charge is 0.496 e. The van der Waals surface area contributed by atoms with Crippen LogP contribution in [-0.2, 0) is 0 Å². The van der Waals surface area contributed by atoms with Crippen molar-refractivity contribution in [1.82, 2.24) is 0 Å². The molecule has 1 aliphatic heterocycles. The van der Waals surface area contributed by atoms with Gasteiger partial charge in [-0.05, 0) is 39.0 Å². The number of fused-ring (bicyclic) bond motifs is 3. The third kappa shape index (κ3) is 2.51. The lowest BCUT2D eigenvalue weighted by Crippen LogP contribution is -2.21. The Morgan fingerprint density at radius 3 is 2.69 bits per heavy atom. The predicted octanol–water partition coefficient (Wildman–Crippen LogP) is 4.83. The van der Waals surface area contributed by atoms with E-state index in [4.69, 9.17) is 15.2 Å². The van der Waals surface area contributed by atoms with Gasteiger partial charge < -0.3 is 15.2 Å². The molecule has 0 bridgehead atoms. The first kappa shape index (κ1) is 16.5. The number of rotatable bonds is 2. The second-order valence-electron chi connectivity index (χ2n) is 6.02. The fourth-order valence-corrected chi connectivity index (χ4v) is 3.95. The van der Waals surface area contributed by atoms with Crippen molar-refractivity contribution in [1.29, 1.82) is 5.26 Å². The molecule has 1 aliphatic rings. The third-order valence-corrected chi connectivity index (χ3v) is 5.24. The number of benzene rings is 3. The fraction of sp³-hybridized carbons (Fsp3) is 0.0952. The molecule has 1 atom stereocenters. The van der Waals surface area contributed by atoms with Gasteiger partial charge in [0.15, 0.2) is 0 Å². The first-order chi connectivity index (χ1) is 12.6. The van der Waals surface area contributed by atoms with Crippen molar-refractivity contribution in [3.8, 4) is 17.6 Å². The molecule has 0 aliphatic carbocycles. The van der Waals surface area contributed by atoms with Crippen LogP contribution >= 0.6 is 15.9 Å². The van der Waals surface area contributed by atoms with Gasteiger partial charge in [0, 0.05) is 10.9 Å². The highest BCUT2D eigenvalue weighted by Crippen LogP contribution is 2.46. The molecule has 0 fully saturated rings. The lowest BCUT2D eigenvalue weighted by Gasteiger charge is -2.27. The van der Waals surface area contributed by atoms with Crippen molar-refractivity contribution >= 4 is 26.7 Å². The molecule has 26 heavy (non-hydrogen) atoms. The zero-order valence-electron chi connectivity index (χ0n) is 14.0. The number of nitriles is 1. The molecule has 0 saturated carbocycles. The molecule has 5 heteroatoms. The van der Waals surface area contributed by atoms with Gasteiger partial charge in [0.25, 0.3) is 0 Å². The van der Waals surface area contributed by atoms with E-state index in [2.05, 4.69) is 22.0 Å². The minimum absolute atomic E-state index is 0.147. The summed E-state index contributed by atoms with van der Waals surface area (Å²) in [5.41, 5.74) is 8.39. The molecule has 0 radical (unpaired) electrons. The van der Waals surface area contributed by atoms with Gasteiger partial charge in [0.2, 0.25) is 5.88 Å². The Balaban J connectivity index is 1.98. The molecule has 0 amide bonds. The first-order valence-corrected chi connectivity index (χ1v) is 8.86. The molecule has 0 spiro atoms. The Morgan fingerprint density at radius 1 is 1.15 bits per heavy atom. The van der Waals surface area contributed by atoms with Crippen LogP contribution in [0.5, 0.6) is 11.5 Å². The predicted molar refractivity (Wildman–Crippen MR) is 104 cm³/mol. The van der Waals surface area contributed by atoms with Crippen molar-refractivity contribution in [2.45, 2.75) is 5.92 Å². The van der Waals surface area contributed by atoms with Crippen molar-refractivity contribution in [3.63, 3.8) is 0 Å². The van der Waals surface area contributed by atoms with Crippen LogP contribution in [0.3, 0.4) is 0 Å². The zero-order valence-corrected chi connectivity index (χ0v) is 15.6. The number of hydrogen-bond acceptors (Lipinski definition) is 4. The van der Waals surface area contributed by atoms with Gasteiger partial charge >= 0.3 is 0 Å². The van der Waals surface area contributed by atoms with E-state index < -0.39 is 0 Å². The molecule has 2 N–H and O–H groups in total. The summed E-state index contributed by atoms with van der Waals surface area (Å²) in [5, 5.41) is 11.7. The average molecular weight is 407 g/mol. The summed E-state index contributed by atoms with van der Waals surface area (Å²) < 4.78 is 12.0. The second kappa shape index (κ2) is 6.40. The molecular weight excluding hydrogens is 392 g/mol. The average Bonchev–Trinajstić information content (AvgIpc) is 2.66.